The van der Waals surface area contributed by atoms with Crippen molar-refractivity contribution in [1.29, 1.82) is 0 Å². The Hall–Kier alpha value is -2.26. The predicted octanol–water partition coefficient (Wildman–Crippen LogP) is 4.46. The first-order valence-electron chi connectivity index (χ1n) is 7.61. The van der Waals surface area contributed by atoms with Crippen LogP contribution in [0.2, 0.25) is 0 Å². The van der Waals surface area contributed by atoms with E-state index in [9.17, 15) is 0 Å². The second-order valence-corrected chi connectivity index (χ2v) is 5.89. The molecule has 0 bridgehead atoms. The van der Waals surface area contributed by atoms with Gasteiger partial charge in [0.15, 0.2) is 0 Å². The zero-order valence-electron chi connectivity index (χ0n) is 13.0. The Morgan fingerprint density at radius 1 is 1.05 bits per heavy atom. The van der Waals surface area contributed by atoms with Gasteiger partial charge in [-0.15, -0.1) is 0 Å². The second-order valence-electron chi connectivity index (χ2n) is 5.89. The summed E-state index contributed by atoms with van der Waals surface area (Å²) in [7, 11) is 0. The lowest BCUT2D eigenvalue weighted by Crippen LogP contribution is -2.32. The van der Waals surface area contributed by atoms with Crippen LogP contribution in [0.5, 0.6) is 5.75 Å². The topological polar surface area (TPSA) is 48.4 Å². The standard InChI is InChI=1S/C19H21NO2/c1-13(2)17(20)12-21-16-9-7-14(8-10-16)19-11-15-5-3-4-6-18(15)22-19/h3-11,13,17H,12,20H2,1-2H3/t17-/m1/s1. The fourth-order valence-corrected chi connectivity index (χ4v) is 2.22. The molecule has 0 aliphatic rings. The van der Waals surface area contributed by atoms with Gasteiger partial charge in [-0.3, -0.25) is 0 Å². The summed E-state index contributed by atoms with van der Waals surface area (Å²) in [5, 5.41) is 1.11. The van der Waals surface area contributed by atoms with Gasteiger partial charge in [0, 0.05) is 17.0 Å². The highest BCUT2D eigenvalue weighted by molar-refractivity contribution is 5.82. The summed E-state index contributed by atoms with van der Waals surface area (Å²) in [5.41, 5.74) is 7.93. The molecule has 0 radical (unpaired) electrons. The smallest absolute Gasteiger partial charge is 0.135 e. The average molecular weight is 295 g/mol. The third-order valence-electron chi connectivity index (χ3n) is 3.86. The number of benzene rings is 2. The first-order valence-corrected chi connectivity index (χ1v) is 7.61. The summed E-state index contributed by atoms with van der Waals surface area (Å²) in [5.74, 6) is 2.11. The molecule has 3 rings (SSSR count). The normalized spacial score (nSPS) is 12.7. The van der Waals surface area contributed by atoms with E-state index in [1.54, 1.807) is 0 Å². The van der Waals surface area contributed by atoms with E-state index in [4.69, 9.17) is 14.9 Å². The molecule has 3 aromatic rings. The molecule has 0 unspecified atom stereocenters. The lowest BCUT2D eigenvalue weighted by atomic mass is 10.1. The highest BCUT2D eigenvalue weighted by atomic mass is 16.5. The lowest BCUT2D eigenvalue weighted by Gasteiger charge is -2.16. The molecule has 2 aromatic carbocycles. The molecule has 3 nitrogen and oxygen atoms in total. The van der Waals surface area contributed by atoms with Crippen molar-refractivity contribution in [3.05, 3.63) is 54.6 Å². The van der Waals surface area contributed by atoms with Crippen molar-refractivity contribution in [1.82, 2.24) is 0 Å². The van der Waals surface area contributed by atoms with Crippen LogP contribution in [0.15, 0.2) is 59.0 Å². The van der Waals surface area contributed by atoms with Gasteiger partial charge < -0.3 is 14.9 Å². The van der Waals surface area contributed by atoms with Crippen LogP contribution in [0.4, 0.5) is 0 Å². The molecule has 1 heterocycles. The van der Waals surface area contributed by atoms with Crippen LogP contribution in [0.1, 0.15) is 13.8 Å². The Bertz CT molecular complexity index is 710. The summed E-state index contributed by atoms with van der Waals surface area (Å²) in [4.78, 5) is 0. The maximum absolute atomic E-state index is 5.99. The van der Waals surface area contributed by atoms with Crippen LogP contribution >= 0.6 is 0 Å². The number of fused-ring (bicyclic) bond motifs is 1. The highest BCUT2D eigenvalue weighted by Gasteiger charge is 2.09. The van der Waals surface area contributed by atoms with Crippen LogP contribution in [0.25, 0.3) is 22.3 Å². The Balaban J connectivity index is 1.73. The van der Waals surface area contributed by atoms with Gasteiger partial charge >= 0.3 is 0 Å². The molecular weight excluding hydrogens is 274 g/mol. The number of hydrogen-bond acceptors (Lipinski definition) is 3. The third-order valence-corrected chi connectivity index (χ3v) is 3.86. The van der Waals surface area contributed by atoms with Crippen LogP contribution in [0, 0.1) is 5.92 Å². The summed E-state index contributed by atoms with van der Waals surface area (Å²) >= 11 is 0. The van der Waals surface area contributed by atoms with E-state index in [1.807, 2.05) is 48.5 Å². The molecule has 0 amide bonds. The summed E-state index contributed by atoms with van der Waals surface area (Å²) in [6.07, 6.45) is 0. The maximum Gasteiger partial charge on any atom is 0.135 e. The van der Waals surface area contributed by atoms with E-state index in [2.05, 4.69) is 19.9 Å². The van der Waals surface area contributed by atoms with Crippen molar-refractivity contribution in [3.63, 3.8) is 0 Å². The molecule has 2 N–H and O–H groups in total. The zero-order valence-corrected chi connectivity index (χ0v) is 13.0. The average Bonchev–Trinajstić information content (AvgIpc) is 2.97. The Morgan fingerprint density at radius 2 is 1.77 bits per heavy atom. The van der Waals surface area contributed by atoms with Gasteiger partial charge in [0.1, 0.15) is 23.7 Å². The van der Waals surface area contributed by atoms with Crippen molar-refractivity contribution in [2.45, 2.75) is 19.9 Å². The largest absolute Gasteiger partial charge is 0.492 e. The minimum absolute atomic E-state index is 0.0510. The zero-order chi connectivity index (χ0) is 15.5. The van der Waals surface area contributed by atoms with E-state index in [0.29, 0.717) is 12.5 Å². The number of furan rings is 1. The maximum atomic E-state index is 5.99. The van der Waals surface area contributed by atoms with Gasteiger partial charge in [-0.2, -0.15) is 0 Å². The monoisotopic (exact) mass is 295 g/mol. The van der Waals surface area contributed by atoms with Gasteiger partial charge in [0.05, 0.1) is 0 Å². The van der Waals surface area contributed by atoms with E-state index < -0.39 is 0 Å². The van der Waals surface area contributed by atoms with Gasteiger partial charge in [-0.1, -0.05) is 32.0 Å². The molecular formula is C19H21NO2. The predicted molar refractivity (Wildman–Crippen MR) is 90.0 cm³/mol. The minimum Gasteiger partial charge on any atom is -0.492 e. The molecule has 0 fully saturated rings. The number of para-hydroxylation sites is 1. The number of ether oxygens (including phenoxy) is 1. The Labute approximate surface area is 130 Å². The molecule has 114 valence electrons. The molecule has 0 aliphatic carbocycles. The van der Waals surface area contributed by atoms with Gasteiger partial charge in [-0.05, 0) is 42.3 Å². The van der Waals surface area contributed by atoms with E-state index in [-0.39, 0.29) is 6.04 Å². The summed E-state index contributed by atoms with van der Waals surface area (Å²) < 4.78 is 11.6. The molecule has 0 spiro atoms. The van der Waals surface area contributed by atoms with E-state index >= 15 is 0 Å². The molecule has 0 saturated heterocycles. The molecule has 1 aromatic heterocycles. The van der Waals surface area contributed by atoms with Crippen LogP contribution in [-0.4, -0.2) is 12.6 Å². The van der Waals surface area contributed by atoms with Gasteiger partial charge in [-0.25, -0.2) is 0 Å². The molecule has 0 saturated carbocycles. The van der Waals surface area contributed by atoms with Crippen molar-refractivity contribution in [3.8, 4) is 17.1 Å². The Kier molecular flexibility index (Phi) is 4.16. The molecule has 1 atom stereocenters. The van der Waals surface area contributed by atoms with E-state index in [1.165, 1.54) is 0 Å². The SMILES string of the molecule is CC(C)[C@H](N)COc1ccc(-c2cc3ccccc3o2)cc1. The second kappa shape index (κ2) is 6.24. The summed E-state index contributed by atoms with van der Waals surface area (Å²) in [6, 6.07) is 18.0. The van der Waals surface area contributed by atoms with E-state index in [0.717, 1.165) is 28.0 Å². The minimum atomic E-state index is 0.0510. The number of nitrogens with two attached hydrogens (primary N) is 1. The van der Waals surface area contributed by atoms with Crippen molar-refractivity contribution < 1.29 is 9.15 Å². The molecule has 22 heavy (non-hydrogen) atoms. The number of rotatable bonds is 5. The quantitative estimate of drug-likeness (QED) is 0.756. The molecule has 0 aliphatic heterocycles. The summed E-state index contributed by atoms with van der Waals surface area (Å²) in [6.45, 7) is 4.72. The van der Waals surface area contributed by atoms with Crippen LogP contribution in [0.3, 0.4) is 0 Å². The van der Waals surface area contributed by atoms with Crippen molar-refractivity contribution >= 4 is 11.0 Å². The van der Waals surface area contributed by atoms with Crippen molar-refractivity contribution in [2.24, 2.45) is 11.7 Å². The number of hydrogen-bond donors (Lipinski definition) is 1. The van der Waals surface area contributed by atoms with Gasteiger partial charge in [0.2, 0.25) is 0 Å². The van der Waals surface area contributed by atoms with Crippen LogP contribution in [-0.2, 0) is 0 Å². The first-order chi connectivity index (χ1) is 10.6. The Morgan fingerprint density at radius 3 is 2.45 bits per heavy atom. The first kappa shape index (κ1) is 14.7. The van der Waals surface area contributed by atoms with Gasteiger partial charge in [0.25, 0.3) is 0 Å². The fourth-order valence-electron chi connectivity index (χ4n) is 2.22. The molecule has 3 heteroatoms. The lowest BCUT2D eigenvalue weighted by molar-refractivity contribution is 0.259. The van der Waals surface area contributed by atoms with Crippen LogP contribution < -0.4 is 10.5 Å². The highest BCUT2D eigenvalue weighted by Crippen LogP contribution is 2.28. The third kappa shape index (κ3) is 3.15. The van der Waals surface area contributed by atoms with Crippen molar-refractivity contribution in [2.75, 3.05) is 6.61 Å². The fraction of sp³-hybridized carbons (Fsp3) is 0.263.